The first kappa shape index (κ1) is 23.3. The largest absolute Gasteiger partial charge is 0.497 e. The molecule has 1 aliphatic carbocycles. The molecule has 2 aromatic rings. The summed E-state index contributed by atoms with van der Waals surface area (Å²) in [4.78, 5) is 25.2. The zero-order valence-corrected chi connectivity index (χ0v) is 18.6. The van der Waals surface area contributed by atoms with E-state index >= 15 is 0 Å². The van der Waals surface area contributed by atoms with Crippen LogP contribution in [0.4, 0.5) is 5.69 Å². The molecule has 10 heteroatoms. The van der Waals surface area contributed by atoms with Crippen molar-refractivity contribution in [1.82, 2.24) is 5.32 Å². The molecule has 1 amide bonds. The maximum absolute atomic E-state index is 12.8. The second kappa shape index (κ2) is 9.84. The molecule has 0 spiro atoms. The predicted molar refractivity (Wildman–Crippen MR) is 119 cm³/mol. The molecule has 1 aliphatic rings. The number of rotatable bonds is 8. The average molecular weight is 460 g/mol. The molecule has 9 nitrogen and oxygen atoms in total. The number of nitrogens with one attached hydrogen (secondary N) is 2. The number of carbonyl (C=O) groups excluding carboxylic acids is 2. The standard InChI is InChI=1S/C22H25N3O6S/c1-3-31-22(27)18-12-13-19(24-15-6-8-16(30-2)9-7-15)20(18)25-21(26)14-4-10-17(11-5-14)32(23,28)29/h4-11,19,24H,3,12-13H2,1-2H3,(H,25,26)(H2,23,28,29). The van der Waals surface area contributed by atoms with Gasteiger partial charge in [0.15, 0.2) is 0 Å². The summed E-state index contributed by atoms with van der Waals surface area (Å²) in [6.07, 6.45) is 1.02. The van der Waals surface area contributed by atoms with Crippen LogP contribution in [0.1, 0.15) is 30.1 Å². The Morgan fingerprint density at radius 3 is 2.31 bits per heavy atom. The molecule has 170 valence electrons. The van der Waals surface area contributed by atoms with Crippen molar-refractivity contribution in [2.45, 2.75) is 30.7 Å². The van der Waals surface area contributed by atoms with E-state index in [4.69, 9.17) is 14.6 Å². The zero-order valence-electron chi connectivity index (χ0n) is 17.8. The van der Waals surface area contributed by atoms with Gasteiger partial charge in [-0.05, 0) is 68.3 Å². The first-order chi connectivity index (χ1) is 15.2. The van der Waals surface area contributed by atoms with Gasteiger partial charge in [0, 0.05) is 11.3 Å². The predicted octanol–water partition coefficient (Wildman–Crippen LogP) is 2.16. The van der Waals surface area contributed by atoms with Crippen molar-refractivity contribution in [2.75, 3.05) is 19.0 Å². The number of methoxy groups -OCH3 is 1. The molecule has 0 heterocycles. The number of nitrogens with two attached hydrogens (primary N) is 1. The molecule has 0 aliphatic heterocycles. The summed E-state index contributed by atoms with van der Waals surface area (Å²) in [5.74, 6) is -0.251. The Morgan fingerprint density at radius 1 is 1.09 bits per heavy atom. The highest BCUT2D eigenvalue weighted by molar-refractivity contribution is 7.89. The van der Waals surface area contributed by atoms with Gasteiger partial charge in [0.05, 0.1) is 35.9 Å². The summed E-state index contributed by atoms with van der Waals surface area (Å²) < 4.78 is 33.2. The maximum Gasteiger partial charge on any atom is 0.335 e. The van der Waals surface area contributed by atoms with E-state index in [1.54, 1.807) is 26.2 Å². The van der Waals surface area contributed by atoms with E-state index in [0.717, 1.165) is 5.69 Å². The van der Waals surface area contributed by atoms with E-state index in [1.165, 1.54) is 24.3 Å². The number of esters is 1. The first-order valence-electron chi connectivity index (χ1n) is 9.98. The summed E-state index contributed by atoms with van der Waals surface area (Å²) in [6, 6.07) is 12.2. The van der Waals surface area contributed by atoms with Crippen molar-refractivity contribution in [3.8, 4) is 5.75 Å². The van der Waals surface area contributed by atoms with E-state index < -0.39 is 21.9 Å². The number of ether oxygens (including phenoxy) is 2. The summed E-state index contributed by atoms with van der Waals surface area (Å²) >= 11 is 0. The number of amides is 1. The molecule has 1 unspecified atom stereocenters. The quantitative estimate of drug-likeness (QED) is 0.515. The smallest absolute Gasteiger partial charge is 0.335 e. The number of anilines is 1. The Hall–Kier alpha value is -3.37. The number of benzene rings is 2. The minimum atomic E-state index is -3.86. The number of carbonyl (C=O) groups is 2. The number of hydrogen-bond donors (Lipinski definition) is 3. The molecule has 2 aromatic carbocycles. The topological polar surface area (TPSA) is 137 Å². The molecule has 0 fully saturated rings. The van der Waals surface area contributed by atoms with E-state index in [-0.39, 0.29) is 23.1 Å². The second-order valence-corrected chi connectivity index (χ2v) is 8.66. The van der Waals surface area contributed by atoms with Gasteiger partial charge in [0.1, 0.15) is 5.75 Å². The Kier molecular flexibility index (Phi) is 7.16. The minimum Gasteiger partial charge on any atom is -0.497 e. The third kappa shape index (κ3) is 5.45. The van der Waals surface area contributed by atoms with Gasteiger partial charge < -0.3 is 20.1 Å². The van der Waals surface area contributed by atoms with Crippen LogP contribution in [-0.2, 0) is 19.6 Å². The van der Waals surface area contributed by atoms with Crippen LogP contribution in [-0.4, -0.2) is 40.1 Å². The molecule has 3 rings (SSSR count). The normalized spacial score (nSPS) is 15.9. The molecule has 0 radical (unpaired) electrons. The summed E-state index contributed by atoms with van der Waals surface area (Å²) in [5.41, 5.74) is 1.85. The zero-order chi connectivity index (χ0) is 23.3. The van der Waals surface area contributed by atoms with E-state index in [2.05, 4.69) is 10.6 Å². The monoisotopic (exact) mass is 459 g/mol. The van der Waals surface area contributed by atoms with Crippen LogP contribution in [0, 0.1) is 0 Å². The van der Waals surface area contributed by atoms with Crippen LogP contribution in [0.3, 0.4) is 0 Å². The number of sulfonamides is 1. The molecular formula is C22H25N3O6S. The highest BCUT2D eigenvalue weighted by Crippen LogP contribution is 2.29. The average Bonchev–Trinajstić information content (AvgIpc) is 3.16. The SMILES string of the molecule is CCOC(=O)C1=C(NC(=O)c2ccc(S(N)(=O)=O)cc2)C(Nc2ccc(OC)cc2)CC1. The minimum absolute atomic E-state index is 0.0969. The lowest BCUT2D eigenvalue weighted by molar-refractivity contribution is -0.138. The Balaban J connectivity index is 1.84. The van der Waals surface area contributed by atoms with Crippen molar-refractivity contribution in [3.63, 3.8) is 0 Å². The fourth-order valence-corrected chi connectivity index (χ4v) is 3.91. The van der Waals surface area contributed by atoms with E-state index in [0.29, 0.717) is 29.9 Å². The molecule has 32 heavy (non-hydrogen) atoms. The van der Waals surface area contributed by atoms with Crippen LogP contribution in [0.25, 0.3) is 0 Å². The van der Waals surface area contributed by atoms with Gasteiger partial charge in [-0.25, -0.2) is 18.4 Å². The summed E-state index contributed by atoms with van der Waals surface area (Å²) in [7, 11) is -2.28. The van der Waals surface area contributed by atoms with Gasteiger partial charge in [0.25, 0.3) is 5.91 Å². The molecule has 0 aromatic heterocycles. The van der Waals surface area contributed by atoms with E-state index in [1.807, 2.05) is 12.1 Å². The summed E-state index contributed by atoms with van der Waals surface area (Å²) in [5, 5.41) is 11.2. The first-order valence-corrected chi connectivity index (χ1v) is 11.5. The lowest BCUT2D eigenvalue weighted by atomic mass is 10.1. The second-order valence-electron chi connectivity index (χ2n) is 7.10. The molecule has 1 atom stereocenters. The van der Waals surface area contributed by atoms with Crippen molar-refractivity contribution in [1.29, 1.82) is 0 Å². The van der Waals surface area contributed by atoms with Crippen molar-refractivity contribution >= 4 is 27.6 Å². The van der Waals surface area contributed by atoms with Crippen molar-refractivity contribution in [2.24, 2.45) is 5.14 Å². The maximum atomic E-state index is 12.8. The lowest BCUT2D eigenvalue weighted by Crippen LogP contribution is -2.33. The van der Waals surface area contributed by atoms with Gasteiger partial charge in [-0.3, -0.25) is 4.79 Å². The molecule has 4 N–H and O–H groups in total. The molecule has 0 saturated heterocycles. The molecular weight excluding hydrogens is 434 g/mol. The van der Waals surface area contributed by atoms with Crippen LogP contribution < -0.4 is 20.5 Å². The fourth-order valence-electron chi connectivity index (χ4n) is 3.39. The van der Waals surface area contributed by atoms with Gasteiger partial charge >= 0.3 is 5.97 Å². The number of primary sulfonamides is 1. The van der Waals surface area contributed by atoms with Gasteiger partial charge in [-0.1, -0.05) is 0 Å². The Labute approximate surface area is 186 Å². The highest BCUT2D eigenvalue weighted by Gasteiger charge is 2.31. The summed E-state index contributed by atoms with van der Waals surface area (Å²) in [6.45, 7) is 1.93. The Bertz CT molecular complexity index is 1130. The Morgan fingerprint density at radius 2 is 1.75 bits per heavy atom. The highest BCUT2D eigenvalue weighted by atomic mass is 32.2. The molecule has 0 saturated carbocycles. The van der Waals surface area contributed by atoms with Crippen molar-refractivity contribution in [3.05, 3.63) is 65.4 Å². The van der Waals surface area contributed by atoms with Crippen LogP contribution in [0.2, 0.25) is 0 Å². The lowest BCUT2D eigenvalue weighted by Gasteiger charge is -2.20. The van der Waals surface area contributed by atoms with Gasteiger partial charge in [0.2, 0.25) is 10.0 Å². The number of hydrogen-bond acceptors (Lipinski definition) is 7. The molecule has 0 bridgehead atoms. The van der Waals surface area contributed by atoms with Crippen molar-refractivity contribution < 1.29 is 27.5 Å². The van der Waals surface area contributed by atoms with Crippen LogP contribution >= 0.6 is 0 Å². The van der Waals surface area contributed by atoms with E-state index in [9.17, 15) is 18.0 Å². The third-order valence-corrected chi connectivity index (χ3v) is 5.93. The third-order valence-electron chi connectivity index (χ3n) is 5.00. The van der Waals surface area contributed by atoms with Crippen LogP contribution in [0.5, 0.6) is 5.75 Å². The van der Waals surface area contributed by atoms with Gasteiger partial charge in [-0.2, -0.15) is 0 Å². The van der Waals surface area contributed by atoms with Gasteiger partial charge in [-0.15, -0.1) is 0 Å². The van der Waals surface area contributed by atoms with Crippen LogP contribution in [0.15, 0.2) is 64.7 Å². The fraction of sp³-hybridized carbons (Fsp3) is 0.273.